The lowest BCUT2D eigenvalue weighted by Crippen LogP contribution is -2.02. The van der Waals surface area contributed by atoms with Crippen LogP contribution in [0.1, 0.15) is 27.9 Å². The smallest absolute Gasteiger partial charge is 0.145 e. The van der Waals surface area contributed by atoms with Gasteiger partial charge in [0, 0.05) is 10.6 Å². The van der Waals surface area contributed by atoms with Gasteiger partial charge in [-0.05, 0) is 48.9 Å². The molecule has 0 fully saturated rings. The van der Waals surface area contributed by atoms with Crippen LogP contribution in [0.4, 0.5) is 5.82 Å². The summed E-state index contributed by atoms with van der Waals surface area (Å²) in [6.07, 6.45) is 1.61. The van der Waals surface area contributed by atoms with E-state index in [1.165, 1.54) is 10.2 Å². The van der Waals surface area contributed by atoms with Gasteiger partial charge in [0.15, 0.2) is 0 Å². The topological polar surface area (TPSA) is 101 Å². The van der Waals surface area contributed by atoms with E-state index in [0.29, 0.717) is 28.6 Å². The van der Waals surface area contributed by atoms with E-state index in [9.17, 15) is 10.5 Å². The maximum Gasteiger partial charge on any atom is 0.145 e. The van der Waals surface area contributed by atoms with Gasteiger partial charge in [0.05, 0.1) is 11.3 Å². The minimum Gasteiger partial charge on any atom is -0.488 e. The van der Waals surface area contributed by atoms with Crippen LogP contribution in [-0.2, 0) is 6.61 Å². The van der Waals surface area contributed by atoms with E-state index in [2.05, 4.69) is 17.2 Å². The highest BCUT2D eigenvalue weighted by Crippen LogP contribution is 2.31. The van der Waals surface area contributed by atoms with E-state index in [1.54, 1.807) is 24.3 Å². The summed E-state index contributed by atoms with van der Waals surface area (Å²) in [7, 11) is 0. The van der Waals surface area contributed by atoms with Gasteiger partial charge in [-0.3, -0.25) is 0 Å². The Balaban J connectivity index is 1.73. The molecule has 0 bridgehead atoms. The maximum atomic E-state index is 9.93. The van der Waals surface area contributed by atoms with Crippen molar-refractivity contribution in [3.63, 3.8) is 0 Å². The Morgan fingerprint density at radius 1 is 1.09 bits per heavy atom. The van der Waals surface area contributed by atoms with Crippen LogP contribution in [0.2, 0.25) is 5.02 Å². The molecule has 0 amide bonds. The number of allylic oxidation sites excluding steroid dienone is 1. The van der Waals surface area contributed by atoms with Gasteiger partial charge in [0.2, 0.25) is 0 Å². The van der Waals surface area contributed by atoms with Gasteiger partial charge >= 0.3 is 0 Å². The number of hydrogen-bond acceptors (Lipinski definition) is 5. The molecular weight excluding hydrogens is 446 g/mol. The highest BCUT2D eigenvalue weighted by Gasteiger charge is 2.20. The van der Waals surface area contributed by atoms with Gasteiger partial charge < -0.3 is 10.5 Å². The highest BCUT2D eigenvalue weighted by atomic mass is 35.5. The molecule has 166 valence electrons. The molecule has 6 nitrogen and oxygen atoms in total. The zero-order chi connectivity index (χ0) is 24.1. The van der Waals surface area contributed by atoms with Gasteiger partial charge in [-0.2, -0.15) is 15.6 Å². The third-order valence-electron chi connectivity index (χ3n) is 5.20. The summed E-state index contributed by atoms with van der Waals surface area (Å²) in [4.78, 5) is 0. The molecule has 0 unspecified atom stereocenters. The second kappa shape index (κ2) is 9.95. The number of nitrogen functional groups attached to an aromatic ring is 1. The van der Waals surface area contributed by atoms with Crippen LogP contribution in [0, 0.1) is 29.6 Å². The zero-order valence-corrected chi connectivity index (χ0v) is 19.1. The number of nitrogens with zero attached hydrogens (tertiary/aromatic N) is 4. The standard InChI is InChI=1S/C27H20ClN5O/c1-18-7-9-19(10-8-18)17-34-25-12-11-22(28)14-20(25)13-21(15-29)26-24(16-30)27(31)33(32-26)23-5-3-2-4-6-23/h2-14H,17,31H2,1H3/b21-13+. The first-order valence-corrected chi connectivity index (χ1v) is 10.8. The SMILES string of the molecule is Cc1ccc(COc2ccc(Cl)cc2/C=C(\C#N)c2nn(-c3ccccc3)c(N)c2C#N)cc1. The molecule has 0 saturated heterocycles. The van der Waals surface area contributed by atoms with E-state index in [1.807, 2.05) is 61.5 Å². The largest absolute Gasteiger partial charge is 0.488 e. The van der Waals surface area contributed by atoms with Crippen molar-refractivity contribution >= 4 is 29.1 Å². The molecule has 1 heterocycles. The van der Waals surface area contributed by atoms with Crippen molar-refractivity contribution in [3.05, 3.63) is 106 Å². The van der Waals surface area contributed by atoms with Gasteiger partial charge in [-0.1, -0.05) is 59.6 Å². The molecule has 0 saturated carbocycles. The maximum absolute atomic E-state index is 9.93. The number of halogens is 1. The first-order valence-electron chi connectivity index (χ1n) is 10.4. The first kappa shape index (κ1) is 22.7. The van der Waals surface area contributed by atoms with E-state index in [4.69, 9.17) is 22.1 Å². The van der Waals surface area contributed by atoms with Crippen LogP contribution in [-0.4, -0.2) is 9.78 Å². The quantitative estimate of drug-likeness (QED) is 0.355. The zero-order valence-electron chi connectivity index (χ0n) is 18.4. The molecule has 0 atom stereocenters. The Kier molecular flexibility index (Phi) is 6.64. The predicted octanol–water partition coefficient (Wildman–Crippen LogP) is 5.93. The second-order valence-corrected chi connectivity index (χ2v) is 8.03. The lowest BCUT2D eigenvalue weighted by Gasteiger charge is -2.10. The number of benzene rings is 3. The molecule has 0 radical (unpaired) electrons. The Bertz CT molecular complexity index is 1440. The summed E-state index contributed by atoms with van der Waals surface area (Å²) in [5.41, 5.74) is 10.1. The Hall–Kier alpha value is -4.52. The first-order chi connectivity index (χ1) is 16.5. The summed E-state index contributed by atoms with van der Waals surface area (Å²) in [5.74, 6) is 0.707. The van der Waals surface area contributed by atoms with Crippen molar-refractivity contribution in [2.75, 3.05) is 5.73 Å². The van der Waals surface area contributed by atoms with Gasteiger partial charge in [-0.25, -0.2) is 4.68 Å². The average Bonchev–Trinajstić information content (AvgIpc) is 3.19. The highest BCUT2D eigenvalue weighted by molar-refractivity contribution is 6.30. The van der Waals surface area contributed by atoms with E-state index < -0.39 is 0 Å². The summed E-state index contributed by atoms with van der Waals surface area (Å²) in [6, 6.07) is 26.6. The number of aryl methyl sites for hydroxylation is 1. The van der Waals surface area contributed by atoms with Gasteiger partial charge in [0.1, 0.15) is 41.6 Å². The fourth-order valence-corrected chi connectivity index (χ4v) is 3.59. The third kappa shape index (κ3) is 4.78. The summed E-state index contributed by atoms with van der Waals surface area (Å²) >= 11 is 6.23. The number of rotatable bonds is 6. The van der Waals surface area contributed by atoms with Crippen molar-refractivity contribution in [2.24, 2.45) is 0 Å². The third-order valence-corrected chi connectivity index (χ3v) is 5.43. The predicted molar refractivity (Wildman–Crippen MR) is 133 cm³/mol. The molecule has 7 heteroatoms. The van der Waals surface area contributed by atoms with Crippen molar-refractivity contribution in [1.29, 1.82) is 10.5 Å². The molecule has 4 rings (SSSR count). The Labute approximate surface area is 202 Å². The van der Waals surface area contributed by atoms with Crippen LogP contribution in [0.25, 0.3) is 17.3 Å². The summed E-state index contributed by atoms with van der Waals surface area (Å²) in [5, 5.41) is 24.6. The minimum atomic E-state index is 0.126. The van der Waals surface area contributed by atoms with Crippen LogP contribution in [0.3, 0.4) is 0 Å². The van der Waals surface area contributed by atoms with E-state index >= 15 is 0 Å². The summed E-state index contributed by atoms with van der Waals surface area (Å²) < 4.78 is 7.48. The monoisotopic (exact) mass is 465 g/mol. The van der Waals surface area contributed by atoms with Gasteiger partial charge in [0.25, 0.3) is 0 Å². The van der Waals surface area contributed by atoms with E-state index in [-0.39, 0.29) is 22.6 Å². The van der Waals surface area contributed by atoms with Crippen LogP contribution >= 0.6 is 11.6 Å². The lowest BCUT2D eigenvalue weighted by molar-refractivity contribution is 0.305. The molecule has 0 aliphatic heterocycles. The summed E-state index contributed by atoms with van der Waals surface area (Å²) in [6.45, 7) is 2.38. The van der Waals surface area contributed by atoms with Crippen molar-refractivity contribution < 1.29 is 4.74 Å². The Morgan fingerprint density at radius 3 is 2.50 bits per heavy atom. The fourth-order valence-electron chi connectivity index (χ4n) is 3.41. The van der Waals surface area contributed by atoms with Crippen LogP contribution in [0.5, 0.6) is 5.75 Å². The van der Waals surface area contributed by atoms with E-state index in [0.717, 1.165) is 5.56 Å². The van der Waals surface area contributed by atoms with Crippen molar-refractivity contribution in [2.45, 2.75) is 13.5 Å². The number of aromatic nitrogens is 2. The number of ether oxygens (including phenoxy) is 1. The molecule has 3 aromatic carbocycles. The Morgan fingerprint density at radius 2 is 1.82 bits per heavy atom. The number of nitrogens with two attached hydrogens (primary N) is 1. The average molecular weight is 466 g/mol. The number of anilines is 1. The minimum absolute atomic E-state index is 0.126. The molecular formula is C27H20ClN5O. The number of para-hydroxylation sites is 1. The molecule has 2 N–H and O–H groups in total. The van der Waals surface area contributed by atoms with Crippen LogP contribution < -0.4 is 10.5 Å². The molecule has 0 aliphatic carbocycles. The lowest BCUT2D eigenvalue weighted by atomic mass is 10.1. The number of nitriles is 2. The molecule has 1 aromatic heterocycles. The fraction of sp³-hybridized carbons (Fsp3) is 0.0741. The molecule has 0 aliphatic rings. The molecule has 4 aromatic rings. The van der Waals surface area contributed by atoms with Gasteiger partial charge in [-0.15, -0.1) is 0 Å². The normalized spacial score (nSPS) is 11.0. The molecule has 34 heavy (non-hydrogen) atoms. The molecule has 0 spiro atoms. The van der Waals surface area contributed by atoms with Crippen molar-refractivity contribution in [3.8, 4) is 23.6 Å². The van der Waals surface area contributed by atoms with Crippen LogP contribution in [0.15, 0.2) is 72.8 Å². The number of hydrogen-bond donors (Lipinski definition) is 1. The van der Waals surface area contributed by atoms with Crippen molar-refractivity contribution in [1.82, 2.24) is 9.78 Å². The second-order valence-electron chi connectivity index (χ2n) is 7.59.